The van der Waals surface area contributed by atoms with Crippen molar-refractivity contribution in [3.05, 3.63) is 66.5 Å². The molecule has 12 heteroatoms. The van der Waals surface area contributed by atoms with E-state index < -0.39 is 12.1 Å². The third kappa shape index (κ3) is 7.36. The number of fused-ring (bicyclic) bond motifs is 2. The smallest absolute Gasteiger partial charge is 0.407 e. The van der Waals surface area contributed by atoms with Crippen molar-refractivity contribution in [2.45, 2.75) is 90.8 Å². The van der Waals surface area contributed by atoms with Gasteiger partial charge in [-0.05, 0) is 72.1 Å². The Morgan fingerprint density at radius 2 is 1.55 bits per heavy atom. The van der Waals surface area contributed by atoms with E-state index in [1.54, 1.807) is 0 Å². The van der Waals surface area contributed by atoms with E-state index in [1.165, 1.54) is 7.11 Å². The highest BCUT2D eigenvalue weighted by atomic mass is 16.5. The summed E-state index contributed by atoms with van der Waals surface area (Å²) >= 11 is 0. The molecule has 3 amide bonds. The maximum Gasteiger partial charge on any atom is 0.407 e. The Morgan fingerprint density at radius 1 is 0.849 bits per heavy atom. The highest BCUT2D eigenvalue weighted by molar-refractivity contribution is 5.91. The van der Waals surface area contributed by atoms with Crippen molar-refractivity contribution >= 4 is 39.8 Å². The lowest BCUT2D eigenvalue weighted by Crippen LogP contribution is -2.51. The summed E-state index contributed by atoms with van der Waals surface area (Å²) in [6, 6.07) is 13.9. The molecule has 0 aliphatic carbocycles. The van der Waals surface area contributed by atoms with Gasteiger partial charge in [-0.2, -0.15) is 0 Å². The van der Waals surface area contributed by atoms with Crippen LogP contribution in [0, 0.1) is 11.8 Å². The first kappa shape index (κ1) is 36.1. The average Bonchev–Trinajstić information content (AvgIpc) is 4.01. The summed E-state index contributed by atoms with van der Waals surface area (Å²) in [4.78, 5) is 63.9. The van der Waals surface area contributed by atoms with E-state index >= 15 is 0 Å². The monoisotopic (exact) mass is 718 g/mol. The summed E-state index contributed by atoms with van der Waals surface area (Å²) in [5.41, 5.74) is 5.37. The normalized spacial score (nSPS) is 19.1. The van der Waals surface area contributed by atoms with Crippen molar-refractivity contribution in [1.29, 1.82) is 0 Å². The van der Waals surface area contributed by atoms with Gasteiger partial charge in [-0.1, -0.05) is 64.8 Å². The number of aromatic nitrogens is 5. The minimum atomic E-state index is -0.679. The van der Waals surface area contributed by atoms with Crippen LogP contribution in [0.1, 0.15) is 96.4 Å². The van der Waals surface area contributed by atoms with Crippen molar-refractivity contribution in [1.82, 2.24) is 40.0 Å². The van der Waals surface area contributed by atoms with Crippen LogP contribution in [0.15, 0.2) is 54.9 Å². The number of methoxy groups -OCH3 is 1. The second-order valence-corrected chi connectivity index (χ2v) is 14.8. The van der Waals surface area contributed by atoms with E-state index in [0.717, 1.165) is 89.6 Å². The lowest BCUT2D eigenvalue weighted by Gasteiger charge is -2.30. The molecule has 0 spiro atoms. The van der Waals surface area contributed by atoms with Crippen LogP contribution in [-0.2, 0) is 14.3 Å². The van der Waals surface area contributed by atoms with Gasteiger partial charge in [0.2, 0.25) is 11.8 Å². The van der Waals surface area contributed by atoms with Gasteiger partial charge in [-0.25, -0.2) is 19.7 Å². The van der Waals surface area contributed by atoms with Gasteiger partial charge in [-0.3, -0.25) is 9.59 Å². The number of nitrogens with one attached hydrogen (secondary N) is 3. The fourth-order valence-electron chi connectivity index (χ4n) is 7.75. The molecular weight excluding hydrogens is 669 g/mol. The van der Waals surface area contributed by atoms with Gasteiger partial charge in [0.15, 0.2) is 5.65 Å². The van der Waals surface area contributed by atoms with E-state index in [9.17, 15) is 14.4 Å². The van der Waals surface area contributed by atoms with Crippen molar-refractivity contribution in [2.75, 3.05) is 20.2 Å². The average molecular weight is 719 g/mol. The van der Waals surface area contributed by atoms with Crippen molar-refractivity contribution in [3.63, 3.8) is 0 Å². The zero-order valence-electron chi connectivity index (χ0n) is 31.3. The molecular formula is C41H50N8O4. The van der Waals surface area contributed by atoms with E-state index in [1.807, 2.05) is 36.0 Å². The fourth-order valence-corrected chi connectivity index (χ4v) is 7.75. The van der Waals surface area contributed by atoms with Crippen LogP contribution in [0.4, 0.5) is 4.79 Å². The summed E-state index contributed by atoms with van der Waals surface area (Å²) in [5.74, 6) is 1.97. The Morgan fingerprint density at radius 3 is 2.26 bits per heavy atom. The molecule has 3 aromatic heterocycles. The number of likely N-dealkylation sites (tertiary alicyclic amines) is 2. The number of benzene rings is 2. The summed E-state index contributed by atoms with van der Waals surface area (Å²) < 4.78 is 4.81. The quantitative estimate of drug-likeness (QED) is 0.127. The van der Waals surface area contributed by atoms with Crippen LogP contribution in [0.2, 0.25) is 0 Å². The third-order valence-corrected chi connectivity index (χ3v) is 11.3. The molecule has 2 saturated heterocycles. The van der Waals surface area contributed by atoms with E-state index in [4.69, 9.17) is 19.7 Å². The van der Waals surface area contributed by atoms with E-state index in [-0.39, 0.29) is 29.8 Å². The zero-order chi connectivity index (χ0) is 37.2. The molecule has 53 heavy (non-hydrogen) atoms. The lowest BCUT2D eigenvalue weighted by molar-refractivity contribution is -0.136. The van der Waals surface area contributed by atoms with Crippen LogP contribution < -0.4 is 5.32 Å². The van der Waals surface area contributed by atoms with Gasteiger partial charge < -0.3 is 29.8 Å². The maximum atomic E-state index is 13.8. The van der Waals surface area contributed by atoms with Gasteiger partial charge in [0.25, 0.3) is 0 Å². The molecule has 2 fully saturated rings. The van der Waals surface area contributed by atoms with Gasteiger partial charge in [0.1, 0.15) is 17.7 Å². The minimum absolute atomic E-state index is 0.00267. The number of amides is 3. The second kappa shape index (κ2) is 15.4. The molecule has 0 unspecified atom stereocenters. The summed E-state index contributed by atoms with van der Waals surface area (Å²) in [7, 11) is 1.30. The minimum Gasteiger partial charge on any atom is -0.453 e. The van der Waals surface area contributed by atoms with Crippen LogP contribution in [0.25, 0.3) is 44.3 Å². The summed E-state index contributed by atoms with van der Waals surface area (Å²) in [6.45, 7) is 9.60. The van der Waals surface area contributed by atoms with Crippen LogP contribution >= 0.6 is 0 Å². The number of hydrogen-bond acceptors (Lipinski definition) is 7. The topological polar surface area (TPSA) is 149 Å². The molecule has 5 atom stereocenters. The molecule has 2 aliphatic heterocycles. The zero-order valence-corrected chi connectivity index (χ0v) is 31.3. The Bertz CT molecular complexity index is 2120. The molecule has 0 bridgehead atoms. The Hall–Kier alpha value is -5.26. The second-order valence-electron chi connectivity index (χ2n) is 14.8. The largest absolute Gasteiger partial charge is 0.453 e. The number of carbonyl (C=O) groups excluding carboxylic acids is 3. The molecule has 5 heterocycles. The summed E-state index contributed by atoms with van der Waals surface area (Å²) in [6.07, 6.45) is 8.96. The number of ether oxygens (including phenoxy) is 1. The van der Waals surface area contributed by atoms with Gasteiger partial charge in [0.05, 0.1) is 36.6 Å². The van der Waals surface area contributed by atoms with Gasteiger partial charge in [-0.15, -0.1) is 0 Å². The van der Waals surface area contributed by atoms with Crippen molar-refractivity contribution in [3.8, 4) is 22.4 Å². The van der Waals surface area contributed by atoms with Crippen molar-refractivity contribution in [2.24, 2.45) is 11.8 Å². The fraction of sp³-hybridized carbons (Fsp3) is 0.463. The molecule has 12 nitrogen and oxygen atoms in total. The molecule has 5 aromatic rings. The van der Waals surface area contributed by atoms with Gasteiger partial charge in [0, 0.05) is 36.8 Å². The van der Waals surface area contributed by atoms with E-state index in [2.05, 4.69) is 71.6 Å². The number of nitrogens with zero attached hydrogens (tertiary/aromatic N) is 5. The highest BCUT2D eigenvalue weighted by Gasteiger charge is 2.38. The SMILES string of the molecule is CC[C@H](C)CC(=O)N1CCC[C@H]1c1ncc(-c2ccc3cc(-c4cnc5nc([C@@H]6CCCN6C(=O)[C@@H](NC(=O)OC)[C@@H](C)CC)[nH]c5c4)ccc3c2)[nH]1. The molecule has 2 aromatic carbocycles. The van der Waals surface area contributed by atoms with Crippen LogP contribution in [-0.4, -0.2) is 78.9 Å². The predicted octanol–water partition coefficient (Wildman–Crippen LogP) is 7.70. The lowest BCUT2D eigenvalue weighted by atomic mass is 9.97. The van der Waals surface area contributed by atoms with Crippen LogP contribution in [0.5, 0.6) is 0 Å². The molecule has 0 saturated carbocycles. The summed E-state index contributed by atoms with van der Waals surface area (Å²) in [5, 5.41) is 4.96. The number of imidazole rings is 2. The van der Waals surface area contributed by atoms with Crippen LogP contribution in [0.3, 0.4) is 0 Å². The molecule has 7 rings (SSSR count). The first-order chi connectivity index (χ1) is 25.7. The molecule has 3 N–H and O–H groups in total. The highest BCUT2D eigenvalue weighted by Crippen LogP contribution is 2.36. The number of aromatic amines is 2. The van der Waals surface area contributed by atoms with E-state index in [0.29, 0.717) is 30.4 Å². The first-order valence-corrected chi connectivity index (χ1v) is 19.1. The predicted molar refractivity (Wildman–Crippen MR) is 205 cm³/mol. The molecule has 2 aliphatic rings. The molecule has 0 radical (unpaired) electrons. The first-order valence-electron chi connectivity index (χ1n) is 19.1. The Labute approximate surface area is 310 Å². The Balaban J connectivity index is 1.08. The number of pyridine rings is 1. The number of rotatable bonds is 11. The third-order valence-electron chi connectivity index (χ3n) is 11.3. The standard InChI is InChI=1S/C41H50N8O4/c1-6-24(3)18-35(50)48-16-8-10-33(48)38-43-23-32(45-38)29-15-14-26-19-28(13-12-27(26)20-29)30-21-31-37(42-22-30)47-39(44-31)34-11-9-17-49(34)40(51)36(25(4)7-2)46-41(52)53-5/h12-15,19-25,33-34,36H,6-11,16-18H2,1-5H3,(H,43,45)(H,46,52)(H,42,44,47)/t24-,25-,33-,34-,36-/m0/s1. The van der Waals surface area contributed by atoms with Crippen molar-refractivity contribution < 1.29 is 19.1 Å². The number of hydrogen-bond donors (Lipinski definition) is 3. The number of alkyl carbamates (subject to hydrolysis) is 1. The number of carbonyl (C=O) groups is 3. The Kier molecular flexibility index (Phi) is 10.5. The molecule has 278 valence electrons. The number of H-pyrrole nitrogens is 2. The van der Waals surface area contributed by atoms with Gasteiger partial charge >= 0.3 is 6.09 Å². The maximum absolute atomic E-state index is 13.8.